The number of aromatic nitrogens is 1. The summed E-state index contributed by atoms with van der Waals surface area (Å²) in [6, 6.07) is 7.51. The maximum Gasteiger partial charge on any atom is 0.227 e. The number of likely N-dealkylation sites (tertiary alicyclic amines) is 1. The van der Waals surface area contributed by atoms with Crippen LogP contribution in [-0.2, 0) is 22.4 Å². The molecule has 1 unspecified atom stereocenters. The molecule has 2 heterocycles. The Balaban J connectivity index is 1.27. The van der Waals surface area contributed by atoms with Crippen LogP contribution < -0.4 is 5.32 Å². The highest BCUT2D eigenvalue weighted by Gasteiger charge is 2.27. The molecule has 1 aliphatic carbocycles. The number of halogens is 1. The predicted octanol–water partition coefficient (Wildman–Crippen LogP) is 4.20. The van der Waals surface area contributed by atoms with E-state index in [-0.39, 0.29) is 17.7 Å². The quantitative estimate of drug-likeness (QED) is 0.694. The zero-order chi connectivity index (χ0) is 20.9. The van der Waals surface area contributed by atoms with Crippen LogP contribution in [0.4, 0.5) is 0 Å². The molecule has 0 spiro atoms. The first kappa shape index (κ1) is 21.3. The van der Waals surface area contributed by atoms with Gasteiger partial charge in [0.2, 0.25) is 11.8 Å². The summed E-state index contributed by atoms with van der Waals surface area (Å²) in [5, 5.41) is 6.90. The number of nitrogens with zero attached hydrogens (tertiary/aromatic N) is 2. The van der Waals surface area contributed by atoms with Crippen LogP contribution in [0.25, 0.3) is 0 Å². The topological polar surface area (TPSA) is 62.3 Å². The Morgan fingerprint density at radius 2 is 2.10 bits per heavy atom. The zero-order valence-corrected chi connectivity index (χ0v) is 18.7. The smallest absolute Gasteiger partial charge is 0.227 e. The van der Waals surface area contributed by atoms with E-state index in [2.05, 4.69) is 10.7 Å². The summed E-state index contributed by atoms with van der Waals surface area (Å²) in [4.78, 5) is 31.5. The van der Waals surface area contributed by atoms with E-state index in [9.17, 15) is 9.59 Å². The Labute approximate surface area is 186 Å². The maximum atomic E-state index is 12.8. The van der Waals surface area contributed by atoms with E-state index in [0.717, 1.165) is 61.5 Å². The standard InChI is InChI=1S/C23H28ClN3O2S/c24-19-8-1-4-16(12-19)13-21(28)27-11-3-7-18(14-27)23-26-20(15-30-23)9-10-25-22(29)17-5-2-6-17/h1,4,8,12,15,17-18H,2-3,5-7,9-11,13-14H2,(H,25,29). The van der Waals surface area contributed by atoms with Crippen LogP contribution in [0.1, 0.15) is 54.3 Å². The van der Waals surface area contributed by atoms with Crippen molar-refractivity contribution in [2.24, 2.45) is 5.92 Å². The van der Waals surface area contributed by atoms with Gasteiger partial charge in [0, 0.05) is 48.3 Å². The van der Waals surface area contributed by atoms with Gasteiger partial charge in [-0.3, -0.25) is 9.59 Å². The van der Waals surface area contributed by atoms with Crippen molar-refractivity contribution >= 4 is 34.8 Å². The van der Waals surface area contributed by atoms with E-state index in [1.54, 1.807) is 11.3 Å². The average molecular weight is 446 g/mol. The van der Waals surface area contributed by atoms with E-state index >= 15 is 0 Å². The number of rotatable bonds is 7. The molecule has 1 N–H and O–H groups in total. The molecule has 2 amide bonds. The second kappa shape index (κ2) is 9.92. The van der Waals surface area contributed by atoms with Gasteiger partial charge in [-0.2, -0.15) is 0 Å². The van der Waals surface area contributed by atoms with Gasteiger partial charge in [0.1, 0.15) is 0 Å². The Morgan fingerprint density at radius 1 is 1.23 bits per heavy atom. The number of nitrogens with one attached hydrogen (secondary N) is 1. The SMILES string of the molecule is O=C(NCCc1csc(C2CCCN(C(=O)Cc3cccc(Cl)c3)C2)n1)C1CCC1. The van der Waals surface area contributed by atoms with Gasteiger partial charge in [-0.1, -0.05) is 30.2 Å². The molecule has 2 aliphatic rings. The molecule has 1 saturated carbocycles. The van der Waals surface area contributed by atoms with E-state index in [1.807, 2.05) is 29.2 Å². The number of benzene rings is 1. The molecule has 1 aliphatic heterocycles. The minimum Gasteiger partial charge on any atom is -0.355 e. The van der Waals surface area contributed by atoms with Crippen LogP contribution in [-0.4, -0.2) is 41.3 Å². The molecular formula is C23H28ClN3O2S. The first-order valence-corrected chi connectivity index (χ1v) is 12.1. The lowest BCUT2D eigenvalue weighted by atomic mass is 9.85. The monoisotopic (exact) mass is 445 g/mol. The largest absolute Gasteiger partial charge is 0.355 e. The first-order chi connectivity index (χ1) is 14.6. The summed E-state index contributed by atoms with van der Waals surface area (Å²) in [7, 11) is 0. The fourth-order valence-corrected chi connectivity index (χ4v) is 5.29. The molecular weight excluding hydrogens is 418 g/mol. The molecule has 4 rings (SSSR count). The lowest BCUT2D eigenvalue weighted by Gasteiger charge is -2.32. The van der Waals surface area contributed by atoms with E-state index in [0.29, 0.717) is 23.9 Å². The molecule has 0 radical (unpaired) electrons. The van der Waals surface area contributed by atoms with Crippen molar-refractivity contribution in [1.82, 2.24) is 15.2 Å². The molecule has 7 heteroatoms. The Morgan fingerprint density at radius 3 is 2.87 bits per heavy atom. The van der Waals surface area contributed by atoms with Gasteiger partial charge in [0.05, 0.1) is 17.1 Å². The van der Waals surface area contributed by atoms with Crippen LogP contribution in [0.2, 0.25) is 5.02 Å². The van der Waals surface area contributed by atoms with E-state index < -0.39 is 0 Å². The van der Waals surface area contributed by atoms with Crippen molar-refractivity contribution in [2.75, 3.05) is 19.6 Å². The van der Waals surface area contributed by atoms with E-state index in [1.165, 1.54) is 6.42 Å². The molecule has 0 bridgehead atoms. The minimum absolute atomic E-state index is 0.150. The molecule has 160 valence electrons. The minimum atomic E-state index is 0.150. The Bertz CT molecular complexity index is 896. The van der Waals surface area contributed by atoms with Crippen LogP contribution >= 0.6 is 22.9 Å². The van der Waals surface area contributed by atoms with Crippen molar-refractivity contribution in [1.29, 1.82) is 0 Å². The second-order valence-corrected chi connectivity index (χ2v) is 9.66. The predicted molar refractivity (Wildman–Crippen MR) is 120 cm³/mol. The van der Waals surface area contributed by atoms with Gasteiger partial charge < -0.3 is 10.2 Å². The summed E-state index contributed by atoms with van der Waals surface area (Å²) < 4.78 is 0. The van der Waals surface area contributed by atoms with Gasteiger partial charge in [0.25, 0.3) is 0 Å². The third kappa shape index (κ3) is 5.41. The summed E-state index contributed by atoms with van der Waals surface area (Å²) in [6.07, 6.45) is 6.44. The lowest BCUT2D eigenvalue weighted by Crippen LogP contribution is -2.40. The van der Waals surface area contributed by atoms with Gasteiger partial charge >= 0.3 is 0 Å². The van der Waals surface area contributed by atoms with Crippen molar-refractivity contribution in [3.63, 3.8) is 0 Å². The molecule has 2 aromatic rings. The van der Waals surface area contributed by atoms with Crippen molar-refractivity contribution in [2.45, 2.75) is 50.9 Å². The van der Waals surface area contributed by atoms with Gasteiger partial charge in [-0.05, 0) is 43.4 Å². The highest BCUT2D eigenvalue weighted by molar-refractivity contribution is 7.09. The maximum absolute atomic E-state index is 12.8. The highest BCUT2D eigenvalue weighted by Crippen LogP contribution is 2.30. The fourth-order valence-electron chi connectivity index (χ4n) is 4.09. The number of amides is 2. The van der Waals surface area contributed by atoms with Gasteiger partial charge in [-0.15, -0.1) is 11.3 Å². The molecule has 1 aromatic carbocycles. The molecule has 5 nitrogen and oxygen atoms in total. The molecule has 1 atom stereocenters. The second-order valence-electron chi connectivity index (χ2n) is 8.33. The summed E-state index contributed by atoms with van der Waals surface area (Å²) in [5.74, 6) is 0.870. The van der Waals surface area contributed by atoms with Gasteiger partial charge in [-0.25, -0.2) is 4.98 Å². The number of piperidine rings is 1. The third-order valence-electron chi connectivity index (χ3n) is 6.09. The third-order valence-corrected chi connectivity index (χ3v) is 7.38. The number of thiazole rings is 1. The Hall–Kier alpha value is -1.92. The molecule has 1 saturated heterocycles. The normalized spacial score (nSPS) is 19.4. The van der Waals surface area contributed by atoms with Crippen LogP contribution in [0.15, 0.2) is 29.6 Å². The van der Waals surface area contributed by atoms with Crippen LogP contribution in [0.5, 0.6) is 0 Å². The Kier molecular flexibility index (Phi) is 7.05. The van der Waals surface area contributed by atoms with Crippen LogP contribution in [0, 0.1) is 5.92 Å². The van der Waals surface area contributed by atoms with E-state index in [4.69, 9.17) is 16.6 Å². The number of carbonyl (C=O) groups is 2. The molecule has 2 fully saturated rings. The highest BCUT2D eigenvalue weighted by atomic mass is 35.5. The van der Waals surface area contributed by atoms with Crippen LogP contribution in [0.3, 0.4) is 0 Å². The van der Waals surface area contributed by atoms with Crippen molar-refractivity contribution < 1.29 is 9.59 Å². The summed E-state index contributed by atoms with van der Waals surface area (Å²) in [6.45, 7) is 2.18. The molecule has 1 aromatic heterocycles. The molecule has 30 heavy (non-hydrogen) atoms. The number of hydrogen-bond donors (Lipinski definition) is 1. The number of carbonyl (C=O) groups excluding carboxylic acids is 2. The van der Waals surface area contributed by atoms with Crippen molar-refractivity contribution in [3.8, 4) is 0 Å². The summed E-state index contributed by atoms with van der Waals surface area (Å²) in [5.41, 5.74) is 1.99. The summed E-state index contributed by atoms with van der Waals surface area (Å²) >= 11 is 7.72. The van der Waals surface area contributed by atoms with Crippen molar-refractivity contribution in [3.05, 3.63) is 50.9 Å². The lowest BCUT2D eigenvalue weighted by molar-refractivity contribution is -0.131. The number of hydrogen-bond acceptors (Lipinski definition) is 4. The van der Waals surface area contributed by atoms with Gasteiger partial charge in [0.15, 0.2) is 0 Å². The average Bonchev–Trinajstić information content (AvgIpc) is 3.16. The zero-order valence-electron chi connectivity index (χ0n) is 17.1. The first-order valence-electron chi connectivity index (χ1n) is 10.8. The fraction of sp³-hybridized carbons (Fsp3) is 0.522.